The summed E-state index contributed by atoms with van der Waals surface area (Å²) in [7, 11) is 0. The molecule has 1 saturated heterocycles. The normalized spacial score (nSPS) is 21.3. The van der Waals surface area contributed by atoms with Crippen LogP contribution >= 0.6 is 23.5 Å². The zero-order valence-corrected chi connectivity index (χ0v) is 13.2. The van der Waals surface area contributed by atoms with Crippen LogP contribution in [0.1, 0.15) is 30.5 Å². The Morgan fingerprint density at radius 3 is 2.89 bits per heavy atom. The summed E-state index contributed by atoms with van der Waals surface area (Å²) in [6.45, 7) is 5.22. The highest BCUT2D eigenvalue weighted by atomic mass is 32.2. The summed E-state index contributed by atoms with van der Waals surface area (Å²) < 4.78 is 13.3. The summed E-state index contributed by atoms with van der Waals surface area (Å²) in [5.74, 6) is 3.52. The van der Waals surface area contributed by atoms with Crippen LogP contribution in [0, 0.1) is 12.7 Å². The Morgan fingerprint density at radius 2 is 2.26 bits per heavy atom. The molecule has 106 valence electrons. The summed E-state index contributed by atoms with van der Waals surface area (Å²) in [5, 5.41) is 4.25. The minimum Gasteiger partial charge on any atom is -0.309 e. The first-order valence-corrected chi connectivity index (χ1v) is 9.11. The second-order valence-corrected chi connectivity index (χ2v) is 7.41. The van der Waals surface area contributed by atoms with E-state index in [9.17, 15) is 4.39 Å². The molecule has 0 saturated carbocycles. The van der Waals surface area contributed by atoms with Crippen LogP contribution in [-0.4, -0.2) is 29.1 Å². The van der Waals surface area contributed by atoms with Gasteiger partial charge in [0.05, 0.1) is 0 Å². The number of thioether (sulfide) groups is 2. The van der Waals surface area contributed by atoms with Gasteiger partial charge in [0.1, 0.15) is 5.82 Å². The molecule has 1 aromatic carbocycles. The summed E-state index contributed by atoms with van der Waals surface area (Å²) >= 11 is 4.09. The van der Waals surface area contributed by atoms with Crippen LogP contribution in [0.5, 0.6) is 0 Å². The molecule has 0 aliphatic carbocycles. The molecule has 1 fully saturated rings. The van der Waals surface area contributed by atoms with Crippen LogP contribution in [0.4, 0.5) is 4.39 Å². The van der Waals surface area contributed by atoms with Crippen molar-refractivity contribution in [3.63, 3.8) is 0 Å². The lowest BCUT2D eigenvalue weighted by Crippen LogP contribution is -2.34. The lowest BCUT2D eigenvalue weighted by Gasteiger charge is -2.31. The molecule has 1 aliphatic heterocycles. The maximum Gasteiger partial charge on any atom is 0.123 e. The van der Waals surface area contributed by atoms with Gasteiger partial charge >= 0.3 is 0 Å². The van der Waals surface area contributed by atoms with E-state index in [0.29, 0.717) is 11.3 Å². The molecule has 0 spiro atoms. The molecule has 19 heavy (non-hydrogen) atoms. The fourth-order valence-electron chi connectivity index (χ4n) is 2.43. The van der Waals surface area contributed by atoms with Gasteiger partial charge in [-0.25, -0.2) is 4.39 Å². The smallest absolute Gasteiger partial charge is 0.123 e. The van der Waals surface area contributed by atoms with Crippen LogP contribution in [-0.2, 0) is 0 Å². The van der Waals surface area contributed by atoms with Crippen molar-refractivity contribution in [1.82, 2.24) is 5.32 Å². The zero-order chi connectivity index (χ0) is 13.7. The highest BCUT2D eigenvalue weighted by Gasteiger charge is 2.26. The minimum atomic E-state index is -0.138. The van der Waals surface area contributed by atoms with Crippen molar-refractivity contribution in [1.29, 1.82) is 0 Å². The Bertz CT molecular complexity index is 405. The number of hydrogen-bond donors (Lipinski definition) is 1. The Morgan fingerprint density at radius 1 is 1.42 bits per heavy atom. The van der Waals surface area contributed by atoms with Gasteiger partial charge in [-0.3, -0.25) is 0 Å². The summed E-state index contributed by atoms with van der Waals surface area (Å²) in [6, 6.07) is 5.54. The van der Waals surface area contributed by atoms with E-state index in [-0.39, 0.29) is 5.82 Å². The largest absolute Gasteiger partial charge is 0.309 e. The fourth-order valence-corrected chi connectivity index (χ4v) is 5.29. The number of rotatable bonds is 5. The highest BCUT2D eigenvalue weighted by Crippen LogP contribution is 2.34. The molecular weight excluding hydrogens is 277 g/mol. The molecule has 0 amide bonds. The third-order valence-electron chi connectivity index (χ3n) is 3.39. The predicted molar refractivity (Wildman–Crippen MR) is 85.7 cm³/mol. The van der Waals surface area contributed by atoms with Gasteiger partial charge in [-0.15, -0.1) is 0 Å². The molecule has 0 aromatic heterocycles. The molecular formula is C15H22FNS2. The number of benzene rings is 1. The fraction of sp³-hybridized carbons (Fsp3) is 0.600. The van der Waals surface area contributed by atoms with E-state index in [4.69, 9.17) is 0 Å². The number of hydrogen-bond acceptors (Lipinski definition) is 3. The zero-order valence-electron chi connectivity index (χ0n) is 11.6. The third-order valence-corrected chi connectivity index (χ3v) is 6.26. The average molecular weight is 299 g/mol. The highest BCUT2D eigenvalue weighted by molar-refractivity contribution is 8.06. The molecule has 2 rings (SSSR count). The van der Waals surface area contributed by atoms with E-state index in [1.807, 2.05) is 24.8 Å². The maximum atomic E-state index is 13.3. The first-order valence-electron chi connectivity index (χ1n) is 6.91. The van der Waals surface area contributed by atoms with Gasteiger partial charge in [-0.05, 0) is 43.1 Å². The maximum absolute atomic E-state index is 13.3. The van der Waals surface area contributed by atoms with Crippen LogP contribution < -0.4 is 5.32 Å². The molecule has 2 unspecified atom stereocenters. The van der Waals surface area contributed by atoms with Crippen molar-refractivity contribution < 1.29 is 4.39 Å². The molecule has 0 bridgehead atoms. The molecule has 1 heterocycles. The Balaban J connectivity index is 2.19. The van der Waals surface area contributed by atoms with Gasteiger partial charge in [-0.2, -0.15) is 23.5 Å². The molecule has 2 atom stereocenters. The van der Waals surface area contributed by atoms with Crippen molar-refractivity contribution in [2.75, 3.05) is 23.8 Å². The van der Waals surface area contributed by atoms with E-state index in [0.717, 1.165) is 18.5 Å². The Labute approximate surface area is 124 Å². The molecule has 4 heteroatoms. The lowest BCUT2D eigenvalue weighted by molar-refractivity contribution is 0.526. The third kappa shape index (κ3) is 4.14. The van der Waals surface area contributed by atoms with E-state index in [1.54, 1.807) is 12.1 Å². The monoisotopic (exact) mass is 299 g/mol. The topological polar surface area (TPSA) is 12.0 Å². The quantitative estimate of drug-likeness (QED) is 0.882. The number of halogens is 1. The van der Waals surface area contributed by atoms with Gasteiger partial charge in [0.2, 0.25) is 0 Å². The molecule has 1 aromatic rings. The van der Waals surface area contributed by atoms with Crippen molar-refractivity contribution in [3.8, 4) is 0 Å². The van der Waals surface area contributed by atoms with Crippen LogP contribution in [0.3, 0.4) is 0 Å². The molecule has 0 radical (unpaired) electrons. The van der Waals surface area contributed by atoms with E-state index >= 15 is 0 Å². The van der Waals surface area contributed by atoms with E-state index < -0.39 is 0 Å². The summed E-state index contributed by atoms with van der Waals surface area (Å²) in [6.07, 6.45) is 1.13. The second-order valence-electron chi connectivity index (χ2n) is 4.92. The minimum absolute atomic E-state index is 0.138. The van der Waals surface area contributed by atoms with Gasteiger partial charge in [0.15, 0.2) is 0 Å². The first kappa shape index (κ1) is 15.2. The van der Waals surface area contributed by atoms with Crippen LogP contribution in [0.15, 0.2) is 18.2 Å². The first-order chi connectivity index (χ1) is 9.22. The summed E-state index contributed by atoms with van der Waals surface area (Å²) in [4.78, 5) is 0. The summed E-state index contributed by atoms with van der Waals surface area (Å²) in [5.41, 5.74) is 2.32. The van der Waals surface area contributed by atoms with Crippen LogP contribution in [0.25, 0.3) is 0 Å². The standard InChI is InChI=1S/C15H22FNS2/c1-3-6-17-15(14-10-18-7-8-19-14)13-5-4-12(16)9-11(13)2/h4-5,9,14-15,17H,3,6-8,10H2,1-2H3. The van der Waals surface area contributed by atoms with Gasteiger partial charge in [0.25, 0.3) is 0 Å². The van der Waals surface area contributed by atoms with E-state index in [1.165, 1.54) is 22.8 Å². The average Bonchev–Trinajstić information content (AvgIpc) is 2.42. The predicted octanol–water partition coefficient (Wildman–Crippen LogP) is 4.02. The van der Waals surface area contributed by atoms with Gasteiger partial charge in [-0.1, -0.05) is 13.0 Å². The molecule has 1 N–H and O–H groups in total. The second kappa shape index (κ2) is 7.55. The van der Waals surface area contributed by atoms with Gasteiger partial charge in [0, 0.05) is 28.6 Å². The van der Waals surface area contributed by atoms with Crippen molar-refractivity contribution >= 4 is 23.5 Å². The Kier molecular flexibility index (Phi) is 6.05. The van der Waals surface area contributed by atoms with Gasteiger partial charge < -0.3 is 5.32 Å². The van der Waals surface area contributed by atoms with Crippen molar-refractivity contribution in [2.45, 2.75) is 31.6 Å². The molecule has 1 aliphatic rings. The van der Waals surface area contributed by atoms with Crippen LogP contribution in [0.2, 0.25) is 0 Å². The van der Waals surface area contributed by atoms with Crippen molar-refractivity contribution in [2.24, 2.45) is 0 Å². The van der Waals surface area contributed by atoms with E-state index in [2.05, 4.69) is 24.0 Å². The lowest BCUT2D eigenvalue weighted by atomic mass is 9.98. The molecule has 1 nitrogen and oxygen atoms in total. The van der Waals surface area contributed by atoms with Crippen molar-refractivity contribution in [3.05, 3.63) is 35.1 Å². The SMILES string of the molecule is CCCNC(c1ccc(F)cc1C)C1CSCCS1. The number of aryl methyl sites for hydroxylation is 1. The Hall–Kier alpha value is -0.190. The number of nitrogens with one attached hydrogen (secondary N) is 1.